The van der Waals surface area contributed by atoms with E-state index in [2.05, 4.69) is 63.5 Å². The Labute approximate surface area is 334 Å². The summed E-state index contributed by atoms with van der Waals surface area (Å²) in [6, 6.07) is 38.5. The van der Waals surface area contributed by atoms with E-state index in [1.54, 1.807) is 14.8 Å². The lowest BCUT2D eigenvalue weighted by Gasteiger charge is -2.27. The van der Waals surface area contributed by atoms with Crippen molar-refractivity contribution in [1.29, 1.82) is 0 Å². The Morgan fingerprint density at radius 1 is 0.702 bits per heavy atom. The van der Waals surface area contributed by atoms with Gasteiger partial charge in [-0.2, -0.15) is 8.61 Å². The van der Waals surface area contributed by atoms with Gasteiger partial charge in [0.15, 0.2) is 0 Å². The van der Waals surface area contributed by atoms with E-state index in [9.17, 15) is 16.8 Å². The monoisotopic (exact) mass is 798 g/mol. The highest BCUT2D eigenvalue weighted by atomic mass is 32.2. The van der Waals surface area contributed by atoms with E-state index < -0.39 is 26.1 Å². The van der Waals surface area contributed by atoms with Gasteiger partial charge in [0.05, 0.1) is 47.4 Å². The molecule has 2 aromatic heterocycles. The van der Waals surface area contributed by atoms with Crippen LogP contribution in [0.4, 0.5) is 0 Å². The zero-order valence-corrected chi connectivity index (χ0v) is 33.7. The number of aromatic amines is 2. The molecule has 10 nitrogen and oxygen atoms in total. The summed E-state index contributed by atoms with van der Waals surface area (Å²) in [5, 5.41) is 2.14. The topological polar surface area (TPSA) is 132 Å². The fraction of sp³-hybridized carbons (Fsp3) is 0.244. The van der Waals surface area contributed by atoms with Crippen LogP contribution >= 0.6 is 0 Å². The minimum atomic E-state index is -3.59. The standard InChI is InChI=1S/C45H46N6O4S2/c1-3-26-50(56(52,53)30-33-13-6-4-7-14-33)32(2)44-46-28-41(48-44)36-22-20-35(21-23-36)37-24-25-40(39-18-11-10-17-38(37)39)42-29-47-45(49-42)43-19-12-27-51(43)57(54,55)31-34-15-8-5-9-16-34/h4-11,13-18,20-25,28-29,32,43H,3,12,19,26-27,30-31H2,1-2H3,(H,46,48)(H,47,49)/t32-,43-/m0/s1. The molecular formula is C45H46N6O4S2. The smallest absolute Gasteiger partial charge is 0.218 e. The molecule has 12 heteroatoms. The van der Waals surface area contributed by atoms with Crippen LogP contribution in [0.5, 0.6) is 0 Å². The van der Waals surface area contributed by atoms with E-state index in [4.69, 9.17) is 4.98 Å². The highest BCUT2D eigenvalue weighted by molar-refractivity contribution is 7.88. The predicted octanol–water partition coefficient (Wildman–Crippen LogP) is 9.26. The molecule has 0 saturated carbocycles. The molecule has 1 fully saturated rings. The molecule has 2 N–H and O–H groups in total. The van der Waals surface area contributed by atoms with Crippen molar-refractivity contribution in [3.8, 4) is 33.6 Å². The fourth-order valence-corrected chi connectivity index (χ4v) is 11.6. The van der Waals surface area contributed by atoms with Crippen LogP contribution in [0.1, 0.15) is 68.0 Å². The van der Waals surface area contributed by atoms with Crippen LogP contribution in [-0.2, 0) is 31.6 Å². The number of aromatic nitrogens is 4. The van der Waals surface area contributed by atoms with Gasteiger partial charge in [-0.05, 0) is 64.8 Å². The first-order chi connectivity index (χ1) is 27.6. The van der Waals surface area contributed by atoms with Gasteiger partial charge in [0.2, 0.25) is 20.0 Å². The maximum absolute atomic E-state index is 13.6. The number of nitrogens with zero attached hydrogens (tertiary/aromatic N) is 4. The molecule has 1 saturated heterocycles. The average molecular weight is 799 g/mol. The third kappa shape index (κ3) is 8.08. The van der Waals surface area contributed by atoms with Crippen LogP contribution < -0.4 is 0 Å². The van der Waals surface area contributed by atoms with E-state index in [1.807, 2.05) is 92.8 Å². The van der Waals surface area contributed by atoms with Gasteiger partial charge in [-0.25, -0.2) is 26.8 Å². The van der Waals surface area contributed by atoms with Crippen molar-refractivity contribution >= 4 is 30.8 Å². The highest BCUT2D eigenvalue weighted by Crippen LogP contribution is 2.38. The first-order valence-electron chi connectivity index (χ1n) is 19.4. The molecule has 7 aromatic rings. The molecule has 0 bridgehead atoms. The largest absolute Gasteiger partial charge is 0.341 e. The minimum Gasteiger partial charge on any atom is -0.341 e. The quantitative estimate of drug-likeness (QED) is 0.113. The molecule has 0 amide bonds. The molecule has 0 unspecified atom stereocenters. The first-order valence-corrected chi connectivity index (χ1v) is 22.6. The molecule has 57 heavy (non-hydrogen) atoms. The minimum absolute atomic E-state index is 0.0348. The lowest BCUT2D eigenvalue weighted by Crippen LogP contribution is -2.35. The second-order valence-corrected chi connectivity index (χ2v) is 18.5. The zero-order valence-electron chi connectivity index (χ0n) is 32.0. The van der Waals surface area contributed by atoms with Crippen LogP contribution in [0.3, 0.4) is 0 Å². The van der Waals surface area contributed by atoms with Gasteiger partial charge in [-0.15, -0.1) is 0 Å². The molecule has 0 radical (unpaired) electrons. The number of hydrogen-bond donors (Lipinski definition) is 2. The maximum Gasteiger partial charge on any atom is 0.218 e. The second kappa shape index (κ2) is 16.2. The van der Waals surface area contributed by atoms with Gasteiger partial charge in [0.25, 0.3) is 0 Å². The molecule has 1 aliphatic rings. The Morgan fingerprint density at radius 2 is 1.30 bits per heavy atom. The molecular weight excluding hydrogens is 753 g/mol. The number of nitrogens with one attached hydrogen (secondary N) is 2. The lowest BCUT2D eigenvalue weighted by molar-refractivity contribution is 0.332. The summed E-state index contributed by atoms with van der Waals surface area (Å²) >= 11 is 0. The SMILES string of the molecule is CCCN([C@@H](C)c1ncc(-c2ccc(-c3ccc(-c4cnc([C@@H]5CCCN5S(=O)(=O)Cc5ccccc5)[nH]4)c4ccccc34)cc2)[nH]1)S(=O)(=O)Cc1ccccc1. The van der Waals surface area contributed by atoms with E-state index in [-0.39, 0.29) is 17.5 Å². The molecule has 8 rings (SSSR count). The maximum atomic E-state index is 13.6. The van der Waals surface area contributed by atoms with Crippen molar-refractivity contribution in [3.05, 3.63) is 156 Å². The summed E-state index contributed by atoms with van der Waals surface area (Å²) in [5.41, 5.74) is 7.23. The number of H-pyrrole nitrogens is 2. The van der Waals surface area contributed by atoms with Gasteiger partial charge in [-0.3, -0.25) is 0 Å². The van der Waals surface area contributed by atoms with Gasteiger partial charge in [0, 0.05) is 18.7 Å². The van der Waals surface area contributed by atoms with Gasteiger partial charge in [0.1, 0.15) is 11.6 Å². The van der Waals surface area contributed by atoms with Crippen LogP contribution in [0.15, 0.2) is 134 Å². The zero-order chi connectivity index (χ0) is 39.6. The Balaban J connectivity index is 1.01. The van der Waals surface area contributed by atoms with E-state index in [0.717, 1.165) is 62.0 Å². The van der Waals surface area contributed by atoms with Crippen molar-refractivity contribution in [3.63, 3.8) is 0 Å². The van der Waals surface area contributed by atoms with Crippen LogP contribution in [0.25, 0.3) is 44.4 Å². The molecule has 2 atom stereocenters. The van der Waals surface area contributed by atoms with Crippen LogP contribution in [-0.4, -0.2) is 58.5 Å². The number of rotatable bonds is 14. The Bertz CT molecular complexity index is 2700. The van der Waals surface area contributed by atoms with Crippen molar-refractivity contribution in [2.75, 3.05) is 13.1 Å². The Morgan fingerprint density at radius 3 is 1.98 bits per heavy atom. The molecule has 0 spiro atoms. The average Bonchev–Trinajstić information content (AvgIpc) is 4.02. The summed E-state index contributed by atoms with van der Waals surface area (Å²) in [6.07, 6.45) is 5.76. The van der Waals surface area contributed by atoms with E-state index >= 15 is 0 Å². The fourth-order valence-electron chi connectivity index (χ4n) is 7.97. The van der Waals surface area contributed by atoms with E-state index in [0.29, 0.717) is 37.6 Å². The number of fused-ring (bicyclic) bond motifs is 1. The van der Waals surface area contributed by atoms with Crippen LogP contribution in [0, 0.1) is 0 Å². The van der Waals surface area contributed by atoms with Crippen molar-refractivity contribution in [1.82, 2.24) is 28.5 Å². The summed E-state index contributed by atoms with van der Waals surface area (Å²) < 4.78 is 57.3. The summed E-state index contributed by atoms with van der Waals surface area (Å²) in [4.78, 5) is 16.3. The van der Waals surface area contributed by atoms with Gasteiger partial charge >= 0.3 is 0 Å². The number of sulfonamides is 2. The molecule has 3 heterocycles. The predicted molar refractivity (Wildman–Crippen MR) is 227 cm³/mol. The number of benzene rings is 5. The molecule has 5 aromatic carbocycles. The third-order valence-electron chi connectivity index (χ3n) is 10.8. The highest BCUT2D eigenvalue weighted by Gasteiger charge is 2.37. The third-order valence-corrected chi connectivity index (χ3v) is 14.6. The molecule has 0 aliphatic carbocycles. The van der Waals surface area contributed by atoms with E-state index in [1.165, 1.54) is 0 Å². The normalized spacial score (nSPS) is 15.7. The van der Waals surface area contributed by atoms with Gasteiger partial charge < -0.3 is 9.97 Å². The number of hydrogen-bond acceptors (Lipinski definition) is 6. The van der Waals surface area contributed by atoms with Crippen molar-refractivity contribution < 1.29 is 16.8 Å². The summed E-state index contributed by atoms with van der Waals surface area (Å²) in [5.74, 6) is 1.16. The first kappa shape index (κ1) is 38.5. The lowest BCUT2D eigenvalue weighted by atomic mass is 9.93. The Kier molecular flexibility index (Phi) is 10.9. The summed E-state index contributed by atoms with van der Waals surface area (Å²) in [7, 11) is -7.13. The molecule has 1 aliphatic heterocycles. The second-order valence-electron chi connectivity index (χ2n) is 14.7. The Hall–Kier alpha value is -5.40. The van der Waals surface area contributed by atoms with Crippen LogP contribution in [0.2, 0.25) is 0 Å². The molecule has 292 valence electrons. The summed E-state index contributed by atoms with van der Waals surface area (Å²) in [6.45, 7) is 4.73. The van der Waals surface area contributed by atoms with Crippen molar-refractivity contribution in [2.45, 2.75) is 56.7 Å². The van der Waals surface area contributed by atoms with Gasteiger partial charge in [-0.1, -0.05) is 128 Å². The van der Waals surface area contributed by atoms with Crippen molar-refractivity contribution in [2.24, 2.45) is 0 Å². The number of imidazole rings is 2.